The Bertz CT molecular complexity index is 1780. The lowest BCUT2D eigenvalue weighted by molar-refractivity contribution is -0.137. The number of nitriles is 1. The van der Waals surface area contributed by atoms with E-state index in [-0.39, 0.29) is 24.6 Å². The molecule has 5 rings (SSSR count). The predicted octanol–water partition coefficient (Wildman–Crippen LogP) is 6.88. The van der Waals surface area contributed by atoms with Crippen LogP contribution in [0, 0.1) is 11.3 Å². The van der Waals surface area contributed by atoms with E-state index in [9.17, 15) is 22.8 Å². The van der Waals surface area contributed by atoms with Gasteiger partial charge in [0.1, 0.15) is 0 Å². The highest BCUT2D eigenvalue weighted by molar-refractivity contribution is 6.08. The number of carboxylic acid groups (broad SMARTS) is 1. The number of hydrogen-bond acceptors (Lipinski definition) is 3. The van der Waals surface area contributed by atoms with Gasteiger partial charge < -0.3 is 15.0 Å². The smallest absolute Gasteiger partial charge is 0.416 e. The summed E-state index contributed by atoms with van der Waals surface area (Å²) in [5, 5.41) is 21.9. The van der Waals surface area contributed by atoms with Crippen molar-refractivity contribution in [2.24, 2.45) is 0 Å². The van der Waals surface area contributed by atoms with Crippen LogP contribution in [0.5, 0.6) is 0 Å². The van der Waals surface area contributed by atoms with Gasteiger partial charge >= 0.3 is 12.1 Å². The fourth-order valence-electron chi connectivity index (χ4n) is 4.60. The van der Waals surface area contributed by atoms with Gasteiger partial charge in [-0.15, -0.1) is 0 Å². The molecule has 1 aromatic heterocycles. The normalized spacial score (nSPS) is 11.3. The second-order valence-electron chi connectivity index (χ2n) is 9.47. The van der Waals surface area contributed by atoms with E-state index in [4.69, 9.17) is 10.4 Å². The number of alkyl halides is 3. The van der Waals surface area contributed by atoms with E-state index in [2.05, 4.69) is 11.4 Å². The minimum atomic E-state index is -4.43. The molecule has 1 heterocycles. The summed E-state index contributed by atoms with van der Waals surface area (Å²) in [7, 11) is 0. The van der Waals surface area contributed by atoms with Crippen LogP contribution in [0.4, 0.5) is 13.2 Å². The van der Waals surface area contributed by atoms with Crippen molar-refractivity contribution in [3.8, 4) is 17.2 Å². The van der Waals surface area contributed by atoms with Gasteiger partial charge in [-0.1, -0.05) is 36.4 Å². The Hall–Kier alpha value is -5.36. The number of carboxylic acids is 1. The van der Waals surface area contributed by atoms with Gasteiger partial charge in [0.05, 0.1) is 33.8 Å². The summed E-state index contributed by atoms with van der Waals surface area (Å²) in [6, 6.07) is 25.6. The molecular weight excluding hydrogens is 531 g/mol. The van der Waals surface area contributed by atoms with Crippen LogP contribution in [0.1, 0.15) is 43.0 Å². The van der Waals surface area contributed by atoms with Gasteiger partial charge in [0.25, 0.3) is 5.91 Å². The number of nitrogens with one attached hydrogen (secondary N) is 1. The fraction of sp³-hybridized carbons (Fsp3) is 0.0938. The Kier molecular flexibility index (Phi) is 7.32. The summed E-state index contributed by atoms with van der Waals surface area (Å²) in [5.41, 5.74) is 3.79. The van der Waals surface area contributed by atoms with Crippen LogP contribution < -0.4 is 5.32 Å². The minimum Gasteiger partial charge on any atom is -0.478 e. The molecule has 9 heteroatoms. The molecule has 0 unspecified atom stereocenters. The van der Waals surface area contributed by atoms with Crippen LogP contribution in [-0.4, -0.2) is 21.6 Å². The fourth-order valence-corrected chi connectivity index (χ4v) is 4.60. The van der Waals surface area contributed by atoms with Gasteiger partial charge in [-0.3, -0.25) is 4.79 Å². The topological polar surface area (TPSA) is 95.1 Å². The molecular formula is C32H22F3N3O3. The van der Waals surface area contributed by atoms with E-state index >= 15 is 0 Å². The van der Waals surface area contributed by atoms with Crippen molar-refractivity contribution in [3.05, 3.63) is 131 Å². The summed E-state index contributed by atoms with van der Waals surface area (Å²) < 4.78 is 40.9. The minimum absolute atomic E-state index is 0.137. The first-order chi connectivity index (χ1) is 19.6. The number of nitrogens with zero attached hydrogens (tertiary/aromatic N) is 2. The molecule has 0 atom stereocenters. The first kappa shape index (κ1) is 27.2. The number of halogens is 3. The van der Waals surface area contributed by atoms with Crippen molar-refractivity contribution in [2.45, 2.75) is 19.3 Å². The quantitative estimate of drug-likeness (QED) is 0.230. The lowest BCUT2D eigenvalue weighted by atomic mass is 9.99. The van der Waals surface area contributed by atoms with Crippen LogP contribution in [0.15, 0.2) is 97.2 Å². The lowest BCUT2D eigenvalue weighted by Crippen LogP contribution is -2.23. The maximum Gasteiger partial charge on any atom is 0.416 e. The third kappa shape index (κ3) is 5.97. The van der Waals surface area contributed by atoms with Gasteiger partial charge in [0.2, 0.25) is 0 Å². The Morgan fingerprint density at radius 3 is 2.12 bits per heavy atom. The molecule has 0 aliphatic carbocycles. The van der Waals surface area contributed by atoms with Crippen LogP contribution in [0.3, 0.4) is 0 Å². The van der Waals surface area contributed by atoms with Crippen LogP contribution in [0.25, 0.3) is 22.0 Å². The van der Waals surface area contributed by atoms with Crippen LogP contribution in [0.2, 0.25) is 0 Å². The molecule has 204 valence electrons. The number of hydrogen-bond donors (Lipinski definition) is 2. The largest absolute Gasteiger partial charge is 0.478 e. The second-order valence-corrected chi connectivity index (χ2v) is 9.47. The molecule has 4 aromatic carbocycles. The number of aromatic carboxylic acids is 1. The third-order valence-electron chi connectivity index (χ3n) is 6.74. The van der Waals surface area contributed by atoms with Crippen molar-refractivity contribution in [2.75, 3.05) is 0 Å². The van der Waals surface area contributed by atoms with Gasteiger partial charge in [-0.05, 0) is 76.9 Å². The van der Waals surface area contributed by atoms with Crippen molar-refractivity contribution in [3.63, 3.8) is 0 Å². The van der Waals surface area contributed by atoms with Gasteiger partial charge in [-0.25, -0.2) is 4.79 Å². The summed E-state index contributed by atoms with van der Waals surface area (Å²) >= 11 is 0. The molecule has 0 spiro atoms. The molecule has 0 fully saturated rings. The summed E-state index contributed by atoms with van der Waals surface area (Å²) in [5.74, 6) is -1.42. The molecule has 1 amide bonds. The van der Waals surface area contributed by atoms with E-state index in [0.29, 0.717) is 27.8 Å². The zero-order valence-electron chi connectivity index (χ0n) is 21.4. The number of aromatic nitrogens is 1. The average molecular weight is 554 g/mol. The second kappa shape index (κ2) is 11.0. The maximum atomic E-state index is 13.6. The molecule has 41 heavy (non-hydrogen) atoms. The van der Waals surface area contributed by atoms with Crippen molar-refractivity contribution < 1.29 is 27.9 Å². The van der Waals surface area contributed by atoms with E-state index in [1.54, 1.807) is 48.7 Å². The molecule has 0 aliphatic heterocycles. The SMILES string of the molecule is N#Cc1ccc(-c2cc(C(=O)NCc3ccc(C(=O)O)cc3)c3c(ccn3Cc3ccc(C(F)(F)F)cc3)c2)cc1. The molecule has 0 saturated carbocycles. The Balaban J connectivity index is 1.50. The molecule has 0 bridgehead atoms. The lowest BCUT2D eigenvalue weighted by Gasteiger charge is -2.14. The molecule has 5 aromatic rings. The van der Waals surface area contributed by atoms with E-state index in [1.165, 1.54) is 24.3 Å². The average Bonchev–Trinajstić information content (AvgIpc) is 3.38. The number of benzene rings is 4. The Morgan fingerprint density at radius 1 is 0.854 bits per heavy atom. The predicted molar refractivity (Wildman–Crippen MR) is 147 cm³/mol. The van der Waals surface area contributed by atoms with Gasteiger partial charge in [0, 0.05) is 24.7 Å². The molecule has 0 radical (unpaired) electrons. The van der Waals surface area contributed by atoms with Crippen LogP contribution >= 0.6 is 0 Å². The summed E-state index contributed by atoms with van der Waals surface area (Å²) in [6.07, 6.45) is -2.65. The number of rotatable bonds is 7. The molecule has 6 nitrogen and oxygen atoms in total. The summed E-state index contributed by atoms with van der Waals surface area (Å²) in [6.45, 7) is 0.399. The Labute approximate surface area is 232 Å². The highest BCUT2D eigenvalue weighted by atomic mass is 19.4. The Morgan fingerprint density at radius 2 is 1.51 bits per heavy atom. The maximum absolute atomic E-state index is 13.6. The number of amides is 1. The zero-order valence-corrected chi connectivity index (χ0v) is 21.4. The molecule has 0 saturated heterocycles. The highest BCUT2D eigenvalue weighted by Crippen LogP contribution is 2.31. The first-order valence-corrected chi connectivity index (χ1v) is 12.5. The van der Waals surface area contributed by atoms with Crippen molar-refractivity contribution >= 4 is 22.8 Å². The third-order valence-corrected chi connectivity index (χ3v) is 6.74. The van der Waals surface area contributed by atoms with Gasteiger partial charge in [-0.2, -0.15) is 18.4 Å². The number of carbonyl (C=O) groups excluding carboxylic acids is 1. The van der Waals surface area contributed by atoms with Gasteiger partial charge in [0.15, 0.2) is 0 Å². The molecule has 0 aliphatic rings. The number of fused-ring (bicyclic) bond motifs is 1. The number of carbonyl (C=O) groups is 2. The summed E-state index contributed by atoms with van der Waals surface area (Å²) in [4.78, 5) is 24.7. The van der Waals surface area contributed by atoms with E-state index in [1.807, 2.05) is 16.7 Å². The van der Waals surface area contributed by atoms with E-state index in [0.717, 1.165) is 28.6 Å². The molecule has 2 N–H and O–H groups in total. The van der Waals surface area contributed by atoms with Crippen molar-refractivity contribution in [1.29, 1.82) is 5.26 Å². The highest BCUT2D eigenvalue weighted by Gasteiger charge is 2.30. The first-order valence-electron chi connectivity index (χ1n) is 12.5. The van der Waals surface area contributed by atoms with Crippen molar-refractivity contribution in [1.82, 2.24) is 9.88 Å². The standard InChI is InChI=1S/C32H22F3N3O3/c33-32(34,35)27-11-5-22(6-12-27)19-38-14-13-25-15-26(23-7-1-20(17-36)2-8-23)16-28(29(25)38)30(39)37-18-21-3-9-24(10-4-21)31(40)41/h1-16H,18-19H2,(H,37,39)(H,40,41). The monoisotopic (exact) mass is 553 g/mol. The van der Waals surface area contributed by atoms with E-state index < -0.39 is 17.7 Å². The zero-order chi connectivity index (χ0) is 29.1. The van der Waals surface area contributed by atoms with Crippen LogP contribution in [-0.2, 0) is 19.3 Å².